The van der Waals surface area contributed by atoms with Crippen molar-refractivity contribution in [2.24, 2.45) is 0 Å². The highest BCUT2D eigenvalue weighted by atomic mass is 16.5. The first kappa shape index (κ1) is 17.0. The van der Waals surface area contributed by atoms with E-state index in [0.29, 0.717) is 13.2 Å². The summed E-state index contributed by atoms with van der Waals surface area (Å²) in [6, 6.07) is 16.4. The van der Waals surface area contributed by atoms with Crippen LogP contribution in [0.25, 0.3) is 0 Å². The molecule has 0 heterocycles. The smallest absolute Gasteiger partial charge is 0.315 e. The number of benzene rings is 2. The SMILES string of the molecule is COCc1ccccc1CNC(=O)NC(CO)c1ccccc1. The van der Waals surface area contributed by atoms with E-state index >= 15 is 0 Å². The van der Waals surface area contributed by atoms with Crippen LogP contribution in [-0.4, -0.2) is 24.9 Å². The summed E-state index contributed by atoms with van der Waals surface area (Å²) >= 11 is 0. The summed E-state index contributed by atoms with van der Waals surface area (Å²) < 4.78 is 5.15. The molecule has 0 aromatic heterocycles. The van der Waals surface area contributed by atoms with Gasteiger partial charge < -0.3 is 20.5 Å². The quantitative estimate of drug-likeness (QED) is 0.735. The maximum absolute atomic E-state index is 12.1. The van der Waals surface area contributed by atoms with Crippen LogP contribution < -0.4 is 10.6 Å². The lowest BCUT2D eigenvalue weighted by atomic mass is 10.1. The molecular formula is C18H22N2O3. The highest BCUT2D eigenvalue weighted by molar-refractivity contribution is 5.74. The number of hydrogen-bond donors (Lipinski definition) is 3. The number of rotatable bonds is 7. The Labute approximate surface area is 136 Å². The molecule has 122 valence electrons. The largest absolute Gasteiger partial charge is 0.394 e. The molecule has 5 nitrogen and oxygen atoms in total. The molecule has 0 fully saturated rings. The van der Waals surface area contributed by atoms with Crippen LogP contribution in [-0.2, 0) is 17.9 Å². The molecular weight excluding hydrogens is 292 g/mol. The normalized spacial score (nSPS) is 11.7. The summed E-state index contributed by atoms with van der Waals surface area (Å²) in [5.74, 6) is 0. The molecule has 0 spiro atoms. The van der Waals surface area contributed by atoms with Crippen molar-refractivity contribution < 1.29 is 14.6 Å². The maximum Gasteiger partial charge on any atom is 0.315 e. The molecule has 5 heteroatoms. The second kappa shape index (κ2) is 8.92. The maximum atomic E-state index is 12.1. The molecule has 0 aliphatic rings. The summed E-state index contributed by atoms with van der Waals surface area (Å²) in [5.41, 5.74) is 2.91. The number of aliphatic hydroxyl groups excluding tert-OH is 1. The molecule has 1 atom stereocenters. The molecule has 0 saturated carbocycles. The molecule has 0 radical (unpaired) electrons. The molecule has 0 aliphatic heterocycles. The van der Waals surface area contributed by atoms with E-state index in [1.807, 2.05) is 54.6 Å². The topological polar surface area (TPSA) is 70.6 Å². The minimum atomic E-state index is -0.426. The molecule has 1 unspecified atom stereocenters. The van der Waals surface area contributed by atoms with Crippen LogP contribution in [0.4, 0.5) is 4.79 Å². The third-order valence-electron chi connectivity index (χ3n) is 3.55. The Bertz CT molecular complexity index is 617. The number of urea groups is 1. The molecule has 0 bridgehead atoms. The zero-order valence-electron chi connectivity index (χ0n) is 13.2. The number of carbonyl (C=O) groups is 1. The Morgan fingerprint density at radius 3 is 2.39 bits per heavy atom. The Balaban J connectivity index is 1.92. The fraction of sp³-hybridized carbons (Fsp3) is 0.278. The Kier molecular flexibility index (Phi) is 6.59. The van der Waals surface area contributed by atoms with Crippen molar-refractivity contribution in [2.45, 2.75) is 19.2 Å². The van der Waals surface area contributed by atoms with Gasteiger partial charge in [0.2, 0.25) is 0 Å². The molecule has 2 amide bonds. The molecule has 0 saturated heterocycles. The first-order valence-corrected chi connectivity index (χ1v) is 7.50. The zero-order valence-corrected chi connectivity index (χ0v) is 13.2. The second-order valence-electron chi connectivity index (χ2n) is 5.17. The van der Waals surface area contributed by atoms with Crippen LogP contribution >= 0.6 is 0 Å². The van der Waals surface area contributed by atoms with Gasteiger partial charge in [-0.25, -0.2) is 4.79 Å². The van der Waals surface area contributed by atoms with Crippen molar-refractivity contribution in [1.82, 2.24) is 10.6 Å². The van der Waals surface area contributed by atoms with Crippen molar-refractivity contribution >= 4 is 6.03 Å². The second-order valence-corrected chi connectivity index (χ2v) is 5.17. The number of carbonyl (C=O) groups excluding carboxylic acids is 1. The van der Waals surface area contributed by atoms with Gasteiger partial charge in [-0.15, -0.1) is 0 Å². The average molecular weight is 314 g/mol. The first-order valence-electron chi connectivity index (χ1n) is 7.50. The van der Waals surface area contributed by atoms with Crippen molar-refractivity contribution in [3.63, 3.8) is 0 Å². The molecule has 0 aliphatic carbocycles. The van der Waals surface area contributed by atoms with Gasteiger partial charge in [0.25, 0.3) is 0 Å². The van der Waals surface area contributed by atoms with Crippen LogP contribution in [0, 0.1) is 0 Å². The number of hydrogen-bond acceptors (Lipinski definition) is 3. The summed E-state index contributed by atoms with van der Waals surface area (Å²) in [6.45, 7) is 0.749. The minimum absolute atomic E-state index is 0.155. The summed E-state index contributed by atoms with van der Waals surface area (Å²) in [6.07, 6.45) is 0. The lowest BCUT2D eigenvalue weighted by Crippen LogP contribution is -2.39. The monoisotopic (exact) mass is 314 g/mol. The number of aliphatic hydroxyl groups is 1. The zero-order chi connectivity index (χ0) is 16.5. The van der Waals surface area contributed by atoms with Gasteiger partial charge in [-0.05, 0) is 16.7 Å². The van der Waals surface area contributed by atoms with Crippen LogP contribution in [0.3, 0.4) is 0 Å². The van der Waals surface area contributed by atoms with E-state index in [9.17, 15) is 9.90 Å². The van der Waals surface area contributed by atoms with Crippen LogP contribution in [0.15, 0.2) is 54.6 Å². The van der Waals surface area contributed by atoms with Crippen LogP contribution in [0.2, 0.25) is 0 Å². The van der Waals surface area contributed by atoms with Crippen LogP contribution in [0.1, 0.15) is 22.7 Å². The van der Waals surface area contributed by atoms with E-state index in [-0.39, 0.29) is 12.6 Å². The van der Waals surface area contributed by atoms with Gasteiger partial charge in [-0.3, -0.25) is 0 Å². The predicted molar refractivity (Wildman–Crippen MR) is 88.8 cm³/mol. The van der Waals surface area contributed by atoms with Gasteiger partial charge >= 0.3 is 6.03 Å². The number of amides is 2. The van der Waals surface area contributed by atoms with E-state index in [0.717, 1.165) is 16.7 Å². The predicted octanol–water partition coefficient (Wildman–Crippen LogP) is 2.37. The fourth-order valence-corrected chi connectivity index (χ4v) is 2.33. The average Bonchev–Trinajstić information content (AvgIpc) is 2.60. The van der Waals surface area contributed by atoms with E-state index in [1.165, 1.54) is 0 Å². The van der Waals surface area contributed by atoms with E-state index in [2.05, 4.69) is 10.6 Å². The molecule has 23 heavy (non-hydrogen) atoms. The summed E-state index contributed by atoms with van der Waals surface area (Å²) in [7, 11) is 1.64. The van der Waals surface area contributed by atoms with Crippen molar-refractivity contribution in [3.8, 4) is 0 Å². The number of ether oxygens (including phenoxy) is 1. The minimum Gasteiger partial charge on any atom is -0.394 e. The van der Waals surface area contributed by atoms with Gasteiger partial charge in [0.1, 0.15) is 0 Å². The van der Waals surface area contributed by atoms with Crippen molar-refractivity contribution in [1.29, 1.82) is 0 Å². The van der Waals surface area contributed by atoms with Crippen molar-refractivity contribution in [2.75, 3.05) is 13.7 Å². The van der Waals surface area contributed by atoms with E-state index in [1.54, 1.807) is 7.11 Å². The van der Waals surface area contributed by atoms with E-state index < -0.39 is 6.04 Å². The highest BCUT2D eigenvalue weighted by Gasteiger charge is 2.13. The van der Waals surface area contributed by atoms with Gasteiger partial charge in [-0.1, -0.05) is 54.6 Å². The standard InChI is InChI=1S/C18H22N2O3/c1-23-13-16-10-6-5-9-15(16)11-19-18(22)20-17(12-21)14-7-3-2-4-8-14/h2-10,17,21H,11-13H2,1H3,(H2,19,20,22). The lowest BCUT2D eigenvalue weighted by molar-refractivity contribution is 0.184. The first-order chi connectivity index (χ1) is 11.2. The summed E-state index contributed by atoms with van der Waals surface area (Å²) in [4.78, 5) is 12.1. The lowest BCUT2D eigenvalue weighted by Gasteiger charge is -2.17. The number of nitrogens with one attached hydrogen (secondary N) is 2. The van der Waals surface area contributed by atoms with E-state index in [4.69, 9.17) is 4.74 Å². The Morgan fingerprint density at radius 2 is 1.74 bits per heavy atom. The molecule has 2 rings (SSSR count). The third kappa shape index (κ3) is 5.09. The van der Waals surface area contributed by atoms with Gasteiger partial charge in [0, 0.05) is 13.7 Å². The molecule has 2 aromatic carbocycles. The van der Waals surface area contributed by atoms with Gasteiger partial charge in [0.05, 0.1) is 19.3 Å². The van der Waals surface area contributed by atoms with Gasteiger partial charge in [-0.2, -0.15) is 0 Å². The third-order valence-corrected chi connectivity index (χ3v) is 3.55. The number of methoxy groups -OCH3 is 1. The van der Waals surface area contributed by atoms with Crippen LogP contribution in [0.5, 0.6) is 0 Å². The Hall–Kier alpha value is -2.37. The molecule has 3 N–H and O–H groups in total. The summed E-state index contributed by atoms with van der Waals surface area (Å²) in [5, 5.41) is 15.1. The van der Waals surface area contributed by atoms with Crippen molar-refractivity contribution in [3.05, 3.63) is 71.3 Å². The Morgan fingerprint density at radius 1 is 1.09 bits per heavy atom. The molecule has 2 aromatic rings. The fourth-order valence-electron chi connectivity index (χ4n) is 2.33. The highest BCUT2D eigenvalue weighted by Crippen LogP contribution is 2.12. The van der Waals surface area contributed by atoms with Gasteiger partial charge in [0.15, 0.2) is 0 Å².